The van der Waals surface area contributed by atoms with Crippen molar-refractivity contribution in [3.63, 3.8) is 0 Å². The second-order valence-corrected chi connectivity index (χ2v) is 5.82. The molecule has 0 saturated carbocycles. The molecule has 16 heavy (non-hydrogen) atoms. The number of para-hydroxylation sites is 1. The number of hydrogen-bond donors (Lipinski definition) is 1. The van der Waals surface area contributed by atoms with Crippen molar-refractivity contribution in [1.29, 1.82) is 0 Å². The first kappa shape index (κ1) is 11.6. The van der Waals surface area contributed by atoms with Gasteiger partial charge in [-0.3, -0.25) is 4.21 Å². The van der Waals surface area contributed by atoms with Crippen molar-refractivity contribution in [1.82, 2.24) is 0 Å². The minimum atomic E-state index is -0.623. The van der Waals surface area contributed by atoms with Gasteiger partial charge in [0.15, 0.2) is 0 Å². The largest absolute Gasteiger partial charge is 0.369 e. The van der Waals surface area contributed by atoms with Crippen LogP contribution < -0.4 is 10.6 Å². The van der Waals surface area contributed by atoms with Gasteiger partial charge < -0.3 is 10.6 Å². The van der Waals surface area contributed by atoms with Crippen LogP contribution in [0.2, 0.25) is 0 Å². The Morgan fingerprint density at radius 2 is 2.06 bits per heavy atom. The van der Waals surface area contributed by atoms with Crippen molar-refractivity contribution in [2.24, 2.45) is 5.73 Å². The van der Waals surface area contributed by atoms with Crippen molar-refractivity contribution >= 4 is 16.5 Å². The summed E-state index contributed by atoms with van der Waals surface area (Å²) < 4.78 is 11.3. The minimum absolute atomic E-state index is 0.566. The summed E-state index contributed by atoms with van der Waals surface area (Å²) in [6.45, 7) is 4.44. The molecule has 0 amide bonds. The van der Waals surface area contributed by atoms with Crippen LogP contribution in [-0.4, -0.2) is 28.8 Å². The lowest BCUT2D eigenvalue weighted by molar-refractivity contribution is 0.672. The molecular weight excluding hydrogens is 220 g/mol. The Morgan fingerprint density at radius 1 is 1.38 bits per heavy atom. The fourth-order valence-corrected chi connectivity index (χ4v) is 3.25. The van der Waals surface area contributed by atoms with Crippen LogP contribution in [0.15, 0.2) is 18.2 Å². The van der Waals surface area contributed by atoms with Crippen molar-refractivity contribution in [3.05, 3.63) is 29.3 Å². The predicted octanol–water partition coefficient (Wildman–Crippen LogP) is 1.02. The van der Waals surface area contributed by atoms with E-state index in [0.29, 0.717) is 6.54 Å². The van der Waals surface area contributed by atoms with E-state index in [9.17, 15) is 4.21 Å². The molecule has 1 saturated heterocycles. The number of benzene rings is 1. The lowest BCUT2D eigenvalue weighted by atomic mass is 10.1. The van der Waals surface area contributed by atoms with Crippen LogP contribution in [0.3, 0.4) is 0 Å². The molecule has 4 heteroatoms. The monoisotopic (exact) mass is 238 g/mol. The van der Waals surface area contributed by atoms with E-state index in [2.05, 4.69) is 24.0 Å². The highest BCUT2D eigenvalue weighted by Gasteiger charge is 2.18. The Morgan fingerprint density at radius 3 is 2.69 bits per heavy atom. The predicted molar refractivity (Wildman–Crippen MR) is 69.2 cm³/mol. The zero-order valence-corrected chi connectivity index (χ0v) is 10.4. The van der Waals surface area contributed by atoms with E-state index in [1.165, 1.54) is 16.8 Å². The number of aryl methyl sites for hydroxylation is 1. The third-order valence-electron chi connectivity index (χ3n) is 3.04. The quantitative estimate of drug-likeness (QED) is 0.837. The highest BCUT2D eigenvalue weighted by atomic mass is 32.2. The first-order valence-corrected chi connectivity index (χ1v) is 7.09. The molecule has 3 nitrogen and oxygen atoms in total. The van der Waals surface area contributed by atoms with E-state index in [1.54, 1.807) is 0 Å². The number of hydrogen-bond acceptors (Lipinski definition) is 3. The van der Waals surface area contributed by atoms with Gasteiger partial charge in [-0.1, -0.05) is 18.2 Å². The van der Waals surface area contributed by atoms with Crippen LogP contribution in [0.4, 0.5) is 5.69 Å². The van der Waals surface area contributed by atoms with E-state index < -0.39 is 10.8 Å². The van der Waals surface area contributed by atoms with Crippen LogP contribution >= 0.6 is 0 Å². The highest BCUT2D eigenvalue weighted by molar-refractivity contribution is 7.85. The van der Waals surface area contributed by atoms with E-state index in [1.807, 2.05) is 6.07 Å². The molecule has 1 aliphatic heterocycles. The summed E-state index contributed by atoms with van der Waals surface area (Å²) in [6.07, 6.45) is 0. The lowest BCUT2D eigenvalue weighted by Crippen LogP contribution is -2.38. The zero-order valence-electron chi connectivity index (χ0n) is 9.61. The summed E-state index contributed by atoms with van der Waals surface area (Å²) in [5, 5.41) is 0. The van der Waals surface area contributed by atoms with Gasteiger partial charge in [-0.05, 0) is 18.1 Å². The minimum Gasteiger partial charge on any atom is -0.369 e. The van der Waals surface area contributed by atoms with E-state index in [4.69, 9.17) is 5.73 Å². The Labute approximate surface area is 99.1 Å². The molecular formula is C12H18N2OS. The van der Waals surface area contributed by atoms with Crippen molar-refractivity contribution in [2.45, 2.75) is 13.5 Å². The van der Waals surface area contributed by atoms with Crippen molar-refractivity contribution < 1.29 is 4.21 Å². The molecule has 0 radical (unpaired) electrons. The normalized spacial score (nSPS) is 17.8. The van der Waals surface area contributed by atoms with Gasteiger partial charge in [-0.2, -0.15) is 0 Å². The maximum atomic E-state index is 11.3. The molecule has 2 rings (SSSR count). The molecule has 1 heterocycles. The maximum Gasteiger partial charge on any atom is 0.0442 e. The summed E-state index contributed by atoms with van der Waals surface area (Å²) in [6, 6.07) is 6.23. The Kier molecular flexibility index (Phi) is 3.61. The molecule has 0 atom stereocenters. The first-order valence-electron chi connectivity index (χ1n) is 5.61. The molecule has 0 aliphatic carbocycles. The second-order valence-electron chi connectivity index (χ2n) is 4.12. The van der Waals surface area contributed by atoms with E-state index >= 15 is 0 Å². The summed E-state index contributed by atoms with van der Waals surface area (Å²) in [5.74, 6) is 1.55. The molecule has 0 aromatic heterocycles. The number of nitrogens with zero attached hydrogens (tertiary/aromatic N) is 1. The zero-order chi connectivity index (χ0) is 11.5. The van der Waals surface area contributed by atoms with Gasteiger partial charge in [0.05, 0.1) is 0 Å². The summed E-state index contributed by atoms with van der Waals surface area (Å²) in [5.41, 5.74) is 9.47. The maximum absolute atomic E-state index is 11.3. The second kappa shape index (κ2) is 4.97. The molecule has 1 aromatic rings. The third-order valence-corrected chi connectivity index (χ3v) is 4.31. The number of nitrogens with two attached hydrogens (primary N) is 1. The van der Waals surface area contributed by atoms with Crippen LogP contribution in [-0.2, 0) is 17.3 Å². The van der Waals surface area contributed by atoms with Gasteiger partial charge in [-0.25, -0.2) is 0 Å². The summed E-state index contributed by atoms with van der Waals surface area (Å²) in [7, 11) is -0.623. The first-order chi connectivity index (χ1) is 7.72. The number of anilines is 1. The third kappa shape index (κ3) is 2.28. The molecule has 1 aromatic carbocycles. The van der Waals surface area contributed by atoms with Gasteiger partial charge in [-0.15, -0.1) is 0 Å². The Balaban J connectivity index is 2.28. The molecule has 0 unspecified atom stereocenters. The smallest absolute Gasteiger partial charge is 0.0442 e. The highest BCUT2D eigenvalue weighted by Crippen LogP contribution is 2.25. The fraction of sp³-hybridized carbons (Fsp3) is 0.500. The van der Waals surface area contributed by atoms with Gasteiger partial charge in [0.25, 0.3) is 0 Å². The van der Waals surface area contributed by atoms with Gasteiger partial charge in [0.2, 0.25) is 0 Å². The van der Waals surface area contributed by atoms with Crippen molar-refractivity contribution in [2.75, 3.05) is 29.5 Å². The molecule has 0 spiro atoms. The topological polar surface area (TPSA) is 46.3 Å². The van der Waals surface area contributed by atoms with Crippen LogP contribution in [0, 0.1) is 6.92 Å². The Bertz CT molecular complexity index is 396. The molecule has 2 N–H and O–H groups in total. The standard InChI is InChI=1S/C12H18N2OS/c1-10-3-2-4-11(9-13)12(10)14-5-7-16(15)8-6-14/h2-4H,5-9,13H2,1H3. The van der Waals surface area contributed by atoms with Crippen LogP contribution in [0.25, 0.3) is 0 Å². The van der Waals surface area contributed by atoms with Gasteiger partial charge in [0, 0.05) is 47.6 Å². The Hall–Kier alpha value is -0.870. The van der Waals surface area contributed by atoms with Crippen LogP contribution in [0.5, 0.6) is 0 Å². The van der Waals surface area contributed by atoms with Crippen LogP contribution in [0.1, 0.15) is 11.1 Å². The lowest BCUT2D eigenvalue weighted by Gasteiger charge is -2.31. The molecule has 1 aliphatic rings. The number of rotatable bonds is 2. The summed E-state index contributed by atoms with van der Waals surface area (Å²) >= 11 is 0. The molecule has 88 valence electrons. The molecule has 0 bridgehead atoms. The average molecular weight is 238 g/mol. The average Bonchev–Trinajstić information content (AvgIpc) is 2.30. The fourth-order valence-electron chi connectivity index (χ4n) is 2.20. The van der Waals surface area contributed by atoms with Gasteiger partial charge in [0.1, 0.15) is 0 Å². The molecule has 1 fully saturated rings. The van der Waals surface area contributed by atoms with Crippen molar-refractivity contribution in [3.8, 4) is 0 Å². The SMILES string of the molecule is Cc1cccc(CN)c1N1CCS(=O)CC1. The van der Waals surface area contributed by atoms with Gasteiger partial charge >= 0.3 is 0 Å². The summed E-state index contributed by atoms with van der Waals surface area (Å²) in [4.78, 5) is 2.32. The van der Waals surface area contributed by atoms with E-state index in [-0.39, 0.29) is 0 Å². The van der Waals surface area contributed by atoms with E-state index in [0.717, 1.165) is 24.6 Å².